The molecule has 0 spiro atoms. The number of para-hydroxylation sites is 1. The van der Waals surface area contributed by atoms with Gasteiger partial charge in [0.15, 0.2) is 0 Å². The quantitative estimate of drug-likeness (QED) is 0.812. The Morgan fingerprint density at radius 3 is 2.24 bits per heavy atom. The van der Waals surface area contributed by atoms with Gasteiger partial charge >= 0.3 is 0 Å². The van der Waals surface area contributed by atoms with Gasteiger partial charge in [-0.05, 0) is 49.2 Å². The van der Waals surface area contributed by atoms with Crippen LogP contribution in [0, 0.1) is 22.6 Å². The average Bonchev–Trinajstić information content (AvgIpc) is 3.56. The molecule has 0 radical (unpaired) electrons. The molecule has 2 aromatic carbocycles. The summed E-state index contributed by atoms with van der Waals surface area (Å²) in [4.78, 5) is 29.5. The summed E-state index contributed by atoms with van der Waals surface area (Å²) >= 11 is 0. The minimum absolute atomic E-state index is 0.156. The van der Waals surface area contributed by atoms with Crippen LogP contribution >= 0.6 is 0 Å². The number of nitrogens with one attached hydrogen (secondary N) is 1. The van der Waals surface area contributed by atoms with Crippen LogP contribution < -0.4 is 10.2 Å². The van der Waals surface area contributed by atoms with Gasteiger partial charge in [-0.1, -0.05) is 12.1 Å². The summed E-state index contributed by atoms with van der Waals surface area (Å²) in [6, 6.07) is 15.2. The summed E-state index contributed by atoms with van der Waals surface area (Å²) in [7, 11) is 0. The number of piperazine rings is 1. The molecule has 0 aromatic heterocycles. The van der Waals surface area contributed by atoms with E-state index in [0.29, 0.717) is 56.0 Å². The van der Waals surface area contributed by atoms with Crippen LogP contribution in [0.2, 0.25) is 0 Å². The van der Waals surface area contributed by atoms with Gasteiger partial charge in [-0.2, -0.15) is 5.26 Å². The first-order valence-corrected chi connectivity index (χ1v) is 9.64. The van der Waals surface area contributed by atoms with Crippen molar-refractivity contribution in [1.82, 2.24) is 4.90 Å². The second-order valence-corrected chi connectivity index (χ2v) is 7.46. The minimum atomic E-state index is -1.01. The molecule has 1 N–H and O–H groups in total. The van der Waals surface area contributed by atoms with Crippen LogP contribution in [-0.4, -0.2) is 42.9 Å². The van der Waals surface area contributed by atoms with Crippen LogP contribution in [0.1, 0.15) is 18.4 Å². The number of nitrogens with zero attached hydrogens (tertiary/aromatic N) is 3. The van der Waals surface area contributed by atoms with Crippen molar-refractivity contribution in [1.29, 1.82) is 5.26 Å². The highest BCUT2D eigenvalue weighted by atomic mass is 19.1. The van der Waals surface area contributed by atoms with Gasteiger partial charge in [0.1, 0.15) is 11.2 Å². The zero-order valence-corrected chi connectivity index (χ0v) is 15.9. The number of nitriles is 1. The van der Waals surface area contributed by atoms with Gasteiger partial charge in [-0.15, -0.1) is 0 Å². The molecule has 2 amide bonds. The van der Waals surface area contributed by atoms with E-state index in [1.54, 1.807) is 47.4 Å². The standard InChI is InChI=1S/C22H21FN4O2/c23-18-3-1-2-4-19(18)26-11-13-27(14-12-26)21(29)22(9-10-22)20(28)25-17-7-5-16(15-24)6-8-17/h1-8H,9-14H2,(H,25,28). The van der Waals surface area contributed by atoms with Gasteiger partial charge in [0, 0.05) is 31.9 Å². The predicted octanol–water partition coefficient (Wildman–Crippen LogP) is 2.76. The second-order valence-electron chi connectivity index (χ2n) is 7.46. The van der Waals surface area contributed by atoms with Crippen molar-refractivity contribution in [3.8, 4) is 6.07 Å². The van der Waals surface area contributed by atoms with E-state index in [1.165, 1.54) is 6.07 Å². The van der Waals surface area contributed by atoms with E-state index in [0.717, 1.165) is 0 Å². The summed E-state index contributed by atoms with van der Waals surface area (Å²) < 4.78 is 14.0. The van der Waals surface area contributed by atoms with E-state index < -0.39 is 5.41 Å². The van der Waals surface area contributed by atoms with Gasteiger partial charge in [0.05, 0.1) is 17.3 Å². The van der Waals surface area contributed by atoms with E-state index in [4.69, 9.17) is 5.26 Å². The Morgan fingerprint density at radius 1 is 1.00 bits per heavy atom. The maximum absolute atomic E-state index is 14.0. The third-order valence-electron chi connectivity index (χ3n) is 5.63. The van der Waals surface area contributed by atoms with Crippen LogP contribution in [0.3, 0.4) is 0 Å². The first-order valence-electron chi connectivity index (χ1n) is 9.64. The van der Waals surface area contributed by atoms with Crippen LogP contribution in [0.25, 0.3) is 0 Å². The van der Waals surface area contributed by atoms with E-state index in [-0.39, 0.29) is 17.6 Å². The molecule has 148 valence electrons. The van der Waals surface area contributed by atoms with Gasteiger partial charge in [0.25, 0.3) is 0 Å². The van der Waals surface area contributed by atoms with Crippen molar-refractivity contribution < 1.29 is 14.0 Å². The number of benzene rings is 2. The summed E-state index contributed by atoms with van der Waals surface area (Å²) in [5.41, 5.74) is 0.610. The Morgan fingerprint density at radius 2 is 1.66 bits per heavy atom. The van der Waals surface area contributed by atoms with Crippen LogP contribution in [0.5, 0.6) is 0 Å². The predicted molar refractivity (Wildman–Crippen MR) is 107 cm³/mol. The lowest BCUT2D eigenvalue weighted by Gasteiger charge is -2.37. The number of carbonyl (C=O) groups is 2. The maximum Gasteiger partial charge on any atom is 0.240 e. The molecule has 2 aromatic rings. The SMILES string of the molecule is N#Cc1ccc(NC(=O)C2(C(=O)N3CCN(c4ccccc4F)CC3)CC2)cc1. The van der Waals surface area contributed by atoms with Crippen molar-refractivity contribution in [2.24, 2.45) is 5.41 Å². The topological polar surface area (TPSA) is 76.4 Å². The molecule has 29 heavy (non-hydrogen) atoms. The highest BCUT2D eigenvalue weighted by Gasteiger charge is 2.58. The molecule has 7 heteroatoms. The van der Waals surface area contributed by atoms with E-state index >= 15 is 0 Å². The fourth-order valence-electron chi connectivity index (χ4n) is 3.70. The lowest BCUT2D eigenvalue weighted by atomic mass is 10.0. The number of anilines is 2. The molecule has 2 fully saturated rings. The average molecular weight is 392 g/mol. The van der Waals surface area contributed by atoms with Crippen LogP contribution in [0.15, 0.2) is 48.5 Å². The zero-order valence-electron chi connectivity index (χ0n) is 15.9. The fourth-order valence-corrected chi connectivity index (χ4v) is 3.70. The number of halogens is 1. The maximum atomic E-state index is 14.0. The third-order valence-corrected chi connectivity index (χ3v) is 5.63. The van der Waals surface area contributed by atoms with Crippen molar-refractivity contribution in [3.63, 3.8) is 0 Å². The van der Waals surface area contributed by atoms with E-state index in [2.05, 4.69) is 5.32 Å². The Kier molecular flexibility index (Phi) is 4.93. The van der Waals surface area contributed by atoms with Crippen molar-refractivity contribution >= 4 is 23.2 Å². The van der Waals surface area contributed by atoms with Gasteiger partial charge in [-0.25, -0.2) is 4.39 Å². The van der Waals surface area contributed by atoms with E-state index in [1.807, 2.05) is 11.0 Å². The van der Waals surface area contributed by atoms with Crippen LogP contribution in [0.4, 0.5) is 15.8 Å². The first-order chi connectivity index (χ1) is 14.0. The number of hydrogen-bond donors (Lipinski definition) is 1. The molecule has 0 unspecified atom stereocenters. The highest BCUT2D eigenvalue weighted by molar-refractivity contribution is 6.13. The molecule has 1 aliphatic carbocycles. The molecule has 1 aliphatic heterocycles. The molecule has 4 rings (SSSR count). The smallest absolute Gasteiger partial charge is 0.240 e. The number of amides is 2. The molecular formula is C22H21FN4O2. The monoisotopic (exact) mass is 392 g/mol. The third kappa shape index (κ3) is 3.66. The minimum Gasteiger partial charge on any atom is -0.366 e. The van der Waals surface area contributed by atoms with Crippen molar-refractivity contribution in [2.45, 2.75) is 12.8 Å². The lowest BCUT2D eigenvalue weighted by molar-refractivity contribution is -0.142. The summed E-state index contributed by atoms with van der Waals surface area (Å²) in [5, 5.41) is 11.7. The molecule has 6 nitrogen and oxygen atoms in total. The zero-order chi connectivity index (χ0) is 20.4. The Balaban J connectivity index is 1.38. The van der Waals surface area contributed by atoms with Crippen molar-refractivity contribution in [2.75, 3.05) is 36.4 Å². The molecular weight excluding hydrogens is 371 g/mol. The summed E-state index contributed by atoms with van der Waals surface area (Å²) in [6.45, 7) is 1.97. The fraction of sp³-hybridized carbons (Fsp3) is 0.318. The molecule has 0 bridgehead atoms. The Bertz CT molecular complexity index is 971. The summed E-state index contributed by atoms with van der Waals surface area (Å²) in [5.74, 6) is -0.728. The molecule has 1 saturated carbocycles. The van der Waals surface area contributed by atoms with Crippen molar-refractivity contribution in [3.05, 3.63) is 59.9 Å². The molecule has 2 aliphatic rings. The lowest BCUT2D eigenvalue weighted by Crippen LogP contribution is -2.52. The number of rotatable bonds is 4. The molecule has 1 saturated heterocycles. The normalized spacial score (nSPS) is 17.4. The van der Waals surface area contributed by atoms with Gasteiger partial charge < -0.3 is 15.1 Å². The summed E-state index contributed by atoms with van der Waals surface area (Å²) in [6.07, 6.45) is 1.06. The van der Waals surface area contributed by atoms with Gasteiger partial charge in [-0.3, -0.25) is 9.59 Å². The van der Waals surface area contributed by atoms with Gasteiger partial charge in [0.2, 0.25) is 11.8 Å². The number of carbonyl (C=O) groups excluding carboxylic acids is 2. The number of hydrogen-bond acceptors (Lipinski definition) is 4. The molecule has 1 heterocycles. The largest absolute Gasteiger partial charge is 0.366 e. The molecule has 0 atom stereocenters. The highest BCUT2D eigenvalue weighted by Crippen LogP contribution is 2.48. The van der Waals surface area contributed by atoms with Crippen LogP contribution in [-0.2, 0) is 9.59 Å². The second kappa shape index (κ2) is 7.55. The first kappa shape index (κ1) is 18.9. The Labute approximate surface area is 168 Å². The van der Waals surface area contributed by atoms with E-state index in [9.17, 15) is 14.0 Å². The Hall–Kier alpha value is -3.40.